The van der Waals surface area contributed by atoms with Crippen LogP contribution in [0, 0.1) is 0 Å². The van der Waals surface area contributed by atoms with E-state index in [9.17, 15) is 45.1 Å². The van der Waals surface area contributed by atoms with Crippen LogP contribution in [0.3, 0.4) is 0 Å². The third-order valence-electron chi connectivity index (χ3n) is 12.2. The Hall–Kier alpha value is -2.60. The zero-order chi connectivity index (χ0) is 51.9. The Balaban J connectivity index is 0.00000136. The molecule has 0 N–H and O–H groups in total. The van der Waals surface area contributed by atoms with Crippen LogP contribution in [0.25, 0.3) is 0 Å². The summed E-state index contributed by atoms with van der Waals surface area (Å²) in [6.45, 7) is 7.12. The summed E-state index contributed by atoms with van der Waals surface area (Å²) < 4.78 is 86.4. The third-order valence-corrected chi connectivity index (χ3v) is 14.6. The standard InChI is InChI=1S/2C27H44O7S.Ca/c2*1-3-4-5-6-7-8-9-10-11-12-13-14-17-21-33-26(28)24-18-15-16-19-25(24)27(29)34-22-20-23(2)35(30,31)32;/h2*15-16,18-19,23H,3-14,17,20-22H2,1-2H3,(H,30,31,32);/q;;+2/p-2. The first-order chi connectivity index (χ1) is 33.5. The fourth-order valence-corrected chi connectivity index (χ4v) is 8.25. The summed E-state index contributed by atoms with van der Waals surface area (Å²) in [5.74, 6) is -2.69. The minimum Gasteiger partial charge on any atom is -0.748 e. The maximum absolute atomic E-state index is 12.5. The van der Waals surface area contributed by atoms with Gasteiger partial charge in [0.05, 0.1) is 68.9 Å². The maximum Gasteiger partial charge on any atom is 2.00 e. The van der Waals surface area contributed by atoms with Crippen molar-refractivity contribution in [1.82, 2.24) is 0 Å². The molecule has 0 bridgehead atoms. The van der Waals surface area contributed by atoms with Gasteiger partial charge in [-0.25, -0.2) is 36.0 Å². The van der Waals surface area contributed by atoms with Crippen molar-refractivity contribution in [3.05, 3.63) is 70.8 Å². The van der Waals surface area contributed by atoms with E-state index in [4.69, 9.17) is 18.9 Å². The van der Waals surface area contributed by atoms with Gasteiger partial charge in [-0.15, -0.1) is 0 Å². The molecule has 0 fully saturated rings. The summed E-state index contributed by atoms with van der Waals surface area (Å²) in [7, 11) is -8.86. The van der Waals surface area contributed by atoms with E-state index in [1.807, 2.05) is 0 Å². The van der Waals surface area contributed by atoms with Crippen molar-refractivity contribution < 1.29 is 64.1 Å². The zero-order valence-electron chi connectivity index (χ0n) is 43.6. The van der Waals surface area contributed by atoms with Gasteiger partial charge in [-0.3, -0.25) is 0 Å². The predicted molar refractivity (Wildman–Crippen MR) is 279 cm³/mol. The Labute approximate surface area is 457 Å². The zero-order valence-corrected chi connectivity index (χ0v) is 47.5. The average Bonchev–Trinajstić information content (AvgIpc) is 3.33. The number of unbranched alkanes of at least 4 members (excludes halogenated alkanes) is 24. The molecule has 0 aliphatic rings. The third kappa shape index (κ3) is 34.5. The van der Waals surface area contributed by atoms with E-state index < -0.39 is 54.6 Å². The molecule has 0 spiro atoms. The average molecular weight is 1060 g/mol. The molecular weight excluding hydrogens is 977 g/mol. The first-order valence-electron chi connectivity index (χ1n) is 26.3. The Kier molecular flexibility index (Phi) is 41.2. The van der Waals surface area contributed by atoms with Crippen LogP contribution in [0.5, 0.6) is 0 Å². The van der Waals surface area contributed by atoms with Crippen LogP contribution < -0.4 is 0 Å². The second-order valence-corrected chi connectivity index (χ2v) is 21.9. The van der Waals surface area contributed by atoms with Crippen LogP contribution in [0.2, 0.25) is 0 Å². The molecule has 0 aliphatic carbocycles. The largest absolute Gasteiger partial charge is 2.00 e. The normalized spacial score (nSPS) is 12.1. The van der Waals surface area contributed by atoms with Crippen molar-refractivity contribution in [3.63, 3.8) is 0 Å². The molecule has 2 atom stereocenters. The smallest absolute Gasteiger partial charge is 0.748 e. The fraction of sp³-hybridized carbons (Fsp3) is 0.704. The first-order valence-corrected chi connectivity index (χ1v) is 29.2. The first kappa shape index (κ1) is 68.4. The Morgan fingerprint density at radius 1 is 0.380 bits per heavy atom. The van der Waals surface area contributed by atoms with E-state index in [0.717, 1.165) is 38.5 Å². The molecule has 2 aromatic rings. The number of rotatable bonds is 40. The van der Waals surface area contributed by atoms with Crippen LogP contribution in [0.4, 0.5) is 0 Å². The van der Waals surface area contributed by atoms with Crippen molar-refractivity contribution in [2.24, 2.45) is 0 Å². The number of benzene rings is 2. The van der Waals surface area contributed by atoms with Gasteiger partial charge in [0, 0.05) is 10.5 Å². The molecule has 0 saturated carbocycles. The Morgan fingerprint density at radius 3 is 0.789 bits per heavy atom. The van der Waals surface area contributed by atoms with Crippen LogP contribution in [0.15, 0.2) is 48.5 Å². The van der Waals surface area contributed by atoms with Crippen LogP contribution in [-0.4, -0.2) is 124 Å². The van der Waals surface area contributed by atoms with E-state index >= 15 is 0 Å². The van der Waals surface area contributed by atoms with E-state index in [-0.39, 0.29) is 86.0 Å². The van der Waals surface area contributed by atoms with Gasteiger partial charge in [-0.1, -0.05) is 192 Å². The number of esters is 4. The van der Waals surface area contributed by atoms with Crippen molar-refractivity contribution in [2.45, 2.75) is 218 Å². The molecule has 2 rings (SSSR count). The van der Waals surface area contributed by atoms with E-state index in [1.54, 1.807) is 24.3 Å². The van der Waals surface area contributed by atoms with Crippen molar-refractivity contribution in [3.8, 4) is 0 Å². The molecule has 0 amide bonds. The predicted octanol–water partition coefficient (Wildman–Crippen LogP) is 12.4. The SMILES string of the molecule is CCCCCCCCCCCCCCCOC(=O)c1ccccc1C(=O)OCCC(C)S(=O)(=O)[O-].CCCCCCCCCCCCCCCOC(=O)c1ccccc1C(=O)OCCC(C)S(=O)(=O)[O-].[Ca+2]. The van der Waals surface area contributed by atoms with Gasteiger partial charge in [0.1, 0.15) is 0 Å². The fourth-order valence-electron chi connectivity index (χ4n) is 7.48. The summed E-state index contributed by atoms with van der Waals surface area (Å²) in [5.41, 5.74) is 0.328. The minimum absolute atomic E-state index is 0. The molecule has 0 aliphatic heterocycles. The molecule has 0 radical (unpaired) electrons. The van der Waals surface area contributed by atoms with Crippen molar-refractivity contribution in [2.75, 3.05) is 26.4 Å². The molecule has 71 heavy (non-hydrogen) atoms. The van der Waals surface area contributed by atoms with Crippen molar-refractivity contribution in [1.29, 1.82) is 0 Å². The van der Waals surface area contributed by atoms with E-state index in [1.165, 1.54) is 167 Å². The number of hydrogen-bond donors (Lipinski definition) is 0. The number of hydrogen-bond acceptors (Lipinski definition) is 14. The van der Waals surface area contributed by atoms with E-state index in [0.29, 0.717) is 13.2 Å². The Bertz CT molecular complexity index is 1820. The van der Waals surface area contributed by atoms with Gasteiger partial charge in [-0.2, -0.15) is 0 Å². The van der Waals surface area contributed by atoms with Gasteiger partial charge in [0.2, 0.25) is 0 Å². The monoisotopic (exact) mass is 1060 g/mol. The topological polar surface area (TPSA) is 220 Å². The molecular formula is C54H86CaO14S2. The molecule has 0 saturated heterocycles. The molecule has 2 unspecified atom stereocenters. The van der Waals surface area contributed by atoms with Gasteiger partial charge >= 0.3 is 61.6 Å². The molecule has 0 aromatic heterocycles. The second kappa shape index (κ2) is 42.7. The molecule has 0 heterocycles. The summed E-state index contributed by atoms with van der Waals surface area (Å²) in [6.07, 6.45) is 31.9. The van der Waals surface area contributed by atoms with Gasteiger partial charge in [-0.05, 0) is 63.8 Å². The molecule has 14 nitrogen and oxygen atoms in total. The summed E-state index contributed by atoms with van der Waals surface area (Å²) in [6, 6.07) is 12.4. The van der Waals surface area contributed by atoms with Crippen LogP contribution >= 0.6 is 0 Å². The quantitative estimate of drug-likeness (QED) is 0.0199. The van der Waals surface area contributed by atoms with Crippen LogP contribution in [0.1, 0.15) is 249 Å². The summed E-state index contributed by atoms with van der Waals surface area (Å²) in [5, 5.41) is -2.31. The van der Waals surface area contributed by atoms with Gasteiger partial charge in [0.15, 0.2) is 0 Å². The second-order valence-electron chi connectivity index (χ2n) is 18.3. The molecule has 2 aromatic carbocycles. The summed E-state index contributed by atoms with van der Waals surface area (Å²) in [4.78, 5) is 49.6. The maximum atomic E-state index is 12.5. The molecule has 400 valence electrons. The van der Waals surface area contributed by atoms with Gasteiger partial charge < -0.3 is 28.1 Å². The summed E-state index contributed by atoms with van der Waals surface area (Å²) >= 11 is 0. The molecule has 17 heteroatoms. The van der Waals surface area contributed by atoms with Crippen LogP contribution in [-0.2, 0) is 39.2 Å². The van der Waals surface area contributed by atoms with Crippen molar-refractivity contribution >= 4 is 81.9 Å². The minimum atomic E-state index is -4.43. The number of carbonyl (C=O) groups excluding carboxylic acids is 4. The van der Waals surface area contributed by atoms with E-state index in [2.05, 4.69) is 13.8 Å². The number of carbonyl (C=O) groups is 4. The Morgan fingerprint density at radius 2 is 0.577 bits per heavy atom. The van der Waals surface area contributed by atoms with Gasteiger partial charge in [0.25, 0.3) is 0 Å². The number of ether oxygens (including phenoxy) is 4.